The lowest BCUT2D eigenvalue weighted by Crippen LogP contribution is -2.51. The first-order chi connectivity index (χ1) is 30.8. The number of nitrogens with zero attached hydrogens (tertiary/aromatic N) is 2. The number of hydrogen-bond donors (Lipinski definition) is 0. The first kappa shape index (κ1) is 40.4. The highest BCUT2D eigenvalue weighted by atomic mass is 32.2. The van der Waals surface area contributed by atoms with Crippen molar-refractivity contribution in [1.29, 1.82) is 0 Å². The summed E-state index contributed by atoms with van der Waals surface area (Å²) < 4.78 is 0. The fourth-order valence-electron chi connectivity index (χ4n) is 15.8. The Hall–Kier alpha value is -4.16. The minimum absolute atomic E-state index is 0.463. The number of rotatable bonds is 6. The smallest absolute Gasteiger partial charge is 0.0555 e. The Balaban J connectivity index is 0.944. The predicted octanol–water partition coefficient (Wildman–Crippen LogP) is 16.5. The second kappa shape index (κ2) is 16.1. The van der Waals surface area contributed by atoms with Crippen molar-refractivity contribution < 1.29 is 0 Å². The second-order valence-electron chi connectivity index (χ2n) is 21.1. The van der Waals surface area contributed by atoms with Gasteiger partial charge in [-0.1, -0.05) is 160 Å². The molecule has 12 atom stereocenters. The molecule has 0 amide bonds. The monoisotopic (exact) mass is 878 g/mol. The van der Waals surface area contributed by atoms with Gasteiger partial charge < -0.3 is 9.80 Å². The van der Waals surface area contributed by atoms with Crippen LogP contribution in [0, 0.1) is 35.5 Å². The van der Waals surface area contributed by atoms with E-state index in [2.05, 4.69) is 194 Å². The van der Waals surface area contributed by atoms with Crippen LogP contribution in [0.2, 0.25) is 24.2 Å². The van der Waals surface area contributed by atoms with Crippen molar-refractivity contribution >= 4 is 54.3 Å². The Labute approximate surface area is 386 Å². The van der Waals surface area contributed by atoms with Crippen molar-refractivity contribution in [3.63, 3.8) is 0 Å². The van der Waals surface area contributed by atoms with E-state index < -0.39 is 8.07 Å². The second-order valence-corrected chi connectivity index (χ2v) is 28.2. The summed E-state index contributed by atoms with van der Waals surface area (Å²) >= 11 is 3.92. The SMILES string of the molecule is CC1CC2C(c3ccccc3)CC(N3c4ccccc4Sc4ccccc43)CC2C1[Si](C)(C)C1C(C)CC2C(c3ccccc3)CC(N3c4ccccc4Sc4ccccc43)CC21. The lowest BCUT2D eigenvalue weighted by atomic mass is 9.68. The fraction of sp³-hybridized carbons (Fsp3) is 0.379. The normalized spacial score (nSPS) is 31.9. The van der Waals surface area contributed by atoms with Crippen molar-refractivity contribution in [3.8, 4) is 0 Å². The Bertz CT molecular complexity index is 2340. The molecule has 0 saturated heterocycles. The highest BCUT2D eigenvalue weighted by Gasteiger charge is 2.62. The van der Waals surface area contributed by atoms with E-state index in [0.29, 0.717) is 23.9 Å². The molecule has 4 saturated carbocycles. The van der Waals surface area contributed by atoms with Crippen LogP contribution >= 0.6 is 23.5 Å². The molecular formula is C58H62N2S2Si. The van der Waals surface area contributed by atoms with Gasteiger partial charge in [0.05, 0.1) is 30.8 Å². The van der Waals surface area contributed by atoms with Crippen LogP contribution in [-0.2, 0) is 0 Å². The molecule has 0 bridgehead atoms. The van der Waals surface area contributed by atoms with Crippen molar-refractivity contribution in [2.75, 3.05) is 9.80 Å². The molecule has 2 aliphatic heterocycles. The first-order valence-corrected chi connectivity index (χ1v) is 29.0. The Morgan fingerprint density at radius 2 is 0.698 bits per heavy atom. The van der Waals surface area contributed by atoms with Gasteiger partial charge in [-0.05, 0) is 157 Å². The molecular weight excluding hydrogens is 817 g/mol. The first-order valence-electron chi connectivity index (χ1n) is 24.2. The summed E-state index contributed by atoms with van der Waals surface area (Å²) in [5, 5.41) is 0. The molecule has 6 aliphatic rings. The molecule has 12 unspecified atom stereocenters. The third kappa shape index (κ3) is 6.72. The van der Waals surface area contributed by atoms with Crippen molar-refractivity contribution in [2.24, 2.45) is 35.5 Å². The molecule has 320 valence electrons. The minimum atomic E-state index is -1.93. The van der Waals surface area contributed by atoms with Gasteiger partial charge in [0, 0.05) is 31.7 Å². The van der Waals surface area contributed by atoms with Gasteiger partial charge in [0.1, 0.15) is 0 Å². The lowest BCUT2D eigenvalue weighted by molar-refractivity contribution is 0.204. The molecule has 12 rings (SSSR count). The Morgan fingerprint density at radius 1 is 0.381 bits per heavy atom. The maximum absolute atomic E-state index is 2.92. The molecule has 2 heterocycles. The quantitative estimate of drug-likeness (QED) is 0.154. The predicted molar refractivity (Wildman–Crippen MR) is 269 cm³/mol. The largest absolute Gasteiger partial charge is 0.336 e. The van der Waals surface area contributed by atoms with E-state index in [4.69, 9.17) is 0 Å². The average Bonchev–Trinajstić information content (AvgIpc) is 3.85. The van der Waals surface area contributed by atoms with Crippen LogP contribution < -0.4 is 9.80 Å². The molecule has 6 aromatic rings. The van der Waals surface area contributed by atoms with E-state index in [9.17, 15) is 0 Å². The van der Waals surface area contributed by atoms with Crippen molar-refractivity contribution in [3.05, 3.63) is 169 Å². The fourth-order valence-corrected chi connectivity index (χ4v) is 24.6. The summed E-state index contributed by atoms with van der Waals surface area (Å²) in [5.74, 6) is 5.58. The van der Waals surface area contributed by atoms with Gasteiger partial charge in [-0.15, -0.1) is 0 Å². The molecule has 5 heteroatoms. The zero-order valence-corrected chi connectivity index (χ0v) is 40.0. The third-order valence-corrected chi connectivity index (χ3v) is 25.2. The molecule has 2 nitrogen and oxygen atoms in total. The highest BCUT2D eigenvalue weighted by molar-refractivity contribution is 8.00. The Kier molecular flexibility index (Phi) is 10.3. The number of fused-ring (bicyclic) bond motifs is 6. The molecule has 0 N–H and O–H groups in total. The van der Waals surface area contributed by atoms with Crippen LogP contribution in [0.5, 0.6) is 0 Å². The number of para-hydroxylation sites is 4. The van der Waals surface area contributed by atoms with Gasteiger partial charge in [-0.25, -0.2) is 0 Å². The summed E-state index contributed by atoms with van der Waals surface area (Å²) in [6.45, 7) is 11.3. The summed E-state index contributed by atoms with van der Waals surface area (Å²) in [6.07, 6.45) is 7.81. The maximum atomic E-state index is 2.92. The molecule has 6 aromatic carbocycles. The maximum Gasteiger partial charge on any atom is 0.0555 e. The molecule has 0 aromatic heterocycles. The van der Waals surface area contributed by atoms with E-state index in [1.165, 1.54) is 80.9 Å². The highest BCUT2D eigenvalue weighted by Crippen LogP contribution is 2.69. The van der Waals surface area contributed by atoms with Crippen LogP contribution in [0.25, 0.3) is 0 Å². The standard InChI is InChI=1S/C58H62N2S2Si/c1-37-31-45-43(39-19-7-5-8-20-39)33-41(59-49-23-11-15-27-53(49)61-54-28-16-12-24-50(54)59)35-47(45)57(37)63(3,4)58-38(2)32-46-44(40-21-9-6-10-22-40)34-42(36-48(46)58)60-51-25-13-17-29-55(51)62-56-30-18-14-26-52(56)60/h5-30,37-38,41-48,57-58H,31-36H2,1-4H3. The van der Waals surface area contributed by atoms with E-state index in [1.54, 1.807) is 11.1 Å². The van der Waals surface area contributed by atoms with Crippen LogP contribution in [0.1, 0.15) is 75.3 Å². The van der Waals surface area contributed by atoms with Gasteiger partial charge in [0.25, 0.3) is 0 Å². The molecule has 4 aliphatic carbocycles. The summed E-state index contributed by atoms with van der Waals surface area (Å²) in [4.78, 5) is 11.3. The van der Waals surface area contributed by atoms with Gasteiger partial charge in [0.2, 0.25) is 0 Å². The van der Waals surface area contributed by atoms with Gasteiger partial charge >= 0.3 is 0 Å². The summed E-state index contributed by atoms with van der Waals surface area (Å²) in [5.41, 5.74) is 10.4. The van der Waals surface area contributed by atoms with E-state index in [-0.39, 0.29) is 0 Å². The Morgan fingerprint density at radius 3 is 1.05 bits per heavy atom. The summed E-state index contributed by atoms with van der Waals surface area (Å²) in [7, 11) is -1.93. The van der Waals surface area contributed by atoms with E-state index in [0.717, 1.165) is 46.6 Å². The zero-order chi connectivity index (χ0) is 42.4. The molecule has 0 radical (unpaired) electrons. The lowest BCUT2D eigenvalue weighted by Gasteiger charge is -2.53. The van der Waals surface area contributed by atoms with Gasteiger partial charge in [0.15, 0.2) is 0 Å². The van der Waals surface area contributed by atoms with Crippen molar-refractivity contribution in [1.82, 2.24) is 0 Å². The number of hydrogen-bond acceptors (Lipinski definition) is 4. The van der Waals surface area contributed by atoms with Crippen LogP contribution in [0.3, 0.4) is 0 Å². The third-order valence-electron chi connectivity index (χ3n) is 17.6. The van der Waals surface area contributed by atoms with Crippen LogP contribution in [0.15, 0.2) is 177 Å². The zero-order valence-electron chi connectivity index (χ0n) is 37.4. The van der Waals surface area contributed by atoms with Crippen LogP contribution in [-0.4, -0.2) is 20.2 Å². The van der Waals surface area contributed by atoms with E-state index >= 15 is 0 Å². The minimum Gasteiger partial charge on any atom is -0.336 e. The topological polar surface area (TPSA) is 6.48 Å². The number of anilines is 4. The average molecular weight is 879 g/mol. The molecule has 4 fully saturated rings. The molecule has 63 heavy (non-hydrogen) atoms. The van der Waals surface area contributed by atoms with Gasteiger partial charge in [-0.2, -0.15) is 0 Å². The van der Waals surface area contributed by atoms with Crippen molar-refractivity contribution in [2.45, 2.75) is 120 Å². The van der Waals surface area contributed by atoms with Crippen LogP contribution in [0.4, 0.5) is 22.7 Å². The number of benzene rings is 6. The van der Waals surface area contributed by atoms with E-state index in [1.807, 2.05) is 23.5 Å². The summed E-state index contributed by atoms with van der Waals surface area (Å²) in [6, 6.07) is 61.6. The molecule has 0 spiro atoms. The van der Waals surface area contributed by atoms with Gasteiger partial charge in [-0.3, -0.25) is 0 Å².